The van der Waals surface area contributed by atoms with Crippen molar-refractivity contribution in [2.24, 2.45) is 4.99 Å². The maximum atomic E-state index is 13.8. The summed E-state index contributed by atoms with van der Waals surface area (Å²) in [4.78, 5) is 33.4. The van der Waals surface area contributed by atoms with Crippen molar-refractivity contribution >= 4 is 11.5 Å². The maximum Gasteiger partial charge on any atom is 0.330 e. The highest BCUT2D eigenvalue weighted by Crippen LogP contribution is 2.27. The zero-order valence-corrected chi connectivity index (χ0v) is 11.9. The molecule has 0 fully saturated rings. The number of H-pyrrole nitrogens is 1. The molecule has 0 atom stereocenters. The van der Waals surface area contributed by atoms with Crippen LogP contribution in [0.25, 0.3) is 0 Å². The van der Waals surface area contributed by atoms with Crippen molar-refractivity contribution in [1.82, 2.24) is 14.5 Å². The first-order chi connectivity index (χ1) is 10.4. The summed E-state index contributed by atoms with van der Waals surface area (Å²) in [7, 11) is 0. The van der Waals surface area contributed by atoms with Gasteiger partial charge in [0.25, 0.3) is 5.56 Å². The molecule has 0 aromatic carbocycles. The number of aliphatic imine (C=N–C) groups is 1. The van der Waals surface area contributed by atoms with Gasteiger partial charge >= 0.3 is 5.69 Å². The third kappa shape index (κ3) is 2.16. The molecule has 1 aliphatic heterocycles. The van der Waals surface area contributed by atoms with Crippen LogP contribution in [0.4, 0.5) is 14.6 Å². The monoisotopic (exact) mass is 306 g/mol. The summed E-state index contributed by atoms with van der Waals surface area (Å²) < 4.78 is 28.0. The fourth-order valence-corrected chi connectivity index (χ4v) is 2.45. The van der Waals surface area contributed by atoms with Crippen molar-refractivity contribution in [3.05, 3.63) is 56.0 Å². The predicted octanol–water partition coefficient (Wildman–Crippen LogP) is 1.47. The molecule has 0 radical (unpaired) electrons. The van der Waals surface area contributed by atoms with Gasteiger partial charge in [0.2, 0.25) is 11.9 Å². The van der Waals surface area contributed by atoms with E-state index in [0.717, 1.165) is 6.07 Å². The van der Waals surface area contributed by atoms with Gasteiger partial charge in [0.15, 0.2) is 0 Å². The number of hydrogen-bond donors (Lipinski definition) is 1. The third-order valence-corrected chi connectivity index (χ3v) is 3.44. The molecule has 22 heavy (non-hydrogen) atoms. The molecule has 0 aliphatic carbocycles. The molecule has 114 valence electrons. The Morgan fingerprint density at radius 2 is 2.00 bits per heavy atom. The van der Waals surface area contributed by atoms with E-state index in [1.807, 2.05) is 0 Å². The molecule has 1 N–H and O–H groups in total. The minimum Gasteiger partial charge on any atom is -0.275 e. The Bertz CT molecular complexity index is 912. The smallest absolute Gasteiger partial charge is 0.275 e. The molecule has 0 bridgehead atoms. The molecule has 0 amide bonds. The van der Waals surface area contributed by atoms with E-state index in [4.69, 9.17) is 0 Å². The van der Waals surface area contributed by atoms with Crippen molar-refractivity contribution in [2.75, 3.05) is 0 Å². The number of aromatic amines is 1. The second kappa shape index (κ2) is 4.97. The van der Waals surface area contributed by atoms with Crippen LogP contribution in [-0.2, 0) is 6.42 Å². The third-order valence-electron chi connectivity index (χ3n) is 3.44. The van der Waals surface area contributed by atoms with Crippen molar-refractivity contribution in [2.45, 2.75) is 26.3 Å². The number of halogens is 2. The van der Waals surface area contributed by atoms with E-state index < -0.39 is 23.1 Å². The molecule has 3 rings (SSSR count). The number of pyridine rings is 1. The van der Waals surface area contributed by atoms with Crippen LogP contribution >= 0.6 is 0 Å². The molecule has 2 aromatic heterocycles. The molecule has 0 unspecified atom stereocenters. The Morgan fingerprint density at radius 3 is 2.64 bits per heavy atom. The lowest BCUT2D eigenvalue weighted by molar-refractivity contribution is 0.511. The SMILES string of the molecule is CC(C)n1c2c(c(=O)[nH]c1=O)CC(c1ccc(F)nc1F)=N2. The summed E-state index contributed by atoms with van der Waals surface area (Å²) in [5.74, 6) is -1.72. The summed E-state index contributed by atoms with van der Waals surface area (Å²) in [5.41, 5.74) is -0.579. The standard InChI is InChI=1S/C14H12F2N4O2/c1-6(2)20-12-8(13(21)19-14(20)22)5-9(17-12)7-3-4-10(15)18-11(7)16/h3-4,6H,5H2,1-2H3,(H,19,21,22). The first-order valence-corrected chi connectivity index (χ1v) is 6.66. The summed E-state index contributed by atoms with van der Waals surface area (Å²) in [5, 5.41) is 0. The van der Waals surface area contributed by atoms with Crippen LogP contribution in [0.1, 0.15) is 31.0 Å². The number of fused-ring (bicyclic) bond motifs is 1. The predicted molar refractivity (Wildman–Crippen MR) is 75.8 cm³/mol. The van der Waals surface area contributed by atoms with E-state index in [9.17, 15) is 18.4 Å². The number of rotatable bonds is 2. The van der Waals surface area contributed by atoms with Gasteiger partial charge in [-0.05, 0) is 26.0 Å². The number of hydrogen-bond acceptors (Lipinski definition) is 4. The minimum atomic E-state index is -0.999. The normalized spacial score (nSPS) is 13.4. The van der Waals surface area contributed by atoms with Gasteiger partial charge in [0.05, 0.1) is 16.8 Å². The molecule has 2 aromatic rings. The topological polar surface area (TPSA) is 80.1 Å². The summed E-state index contributed by atoms with van der Waals surface area (Å²) in [6.45, 7) is 3.54. The first-order valence-electron chi connectivity index (χ1n) is 6.66. The fourth-order valence-electron chi connectivity index (χ4n) is 2.45. The molecule has 3 heterocycles. The van der Waals surface area contributed by atoms with Gasteiger partial charge in [-0.3, -0.25) is 14.3 Å². The van der Waals surface area contributed by atoms with Gasteiger partial charge in [-0.25, -0.2) is 9.79 Å². The zero-order chi connectivity index (χ0) is 16.0. The van der Waals surface area contributed by atoms with Crippen LogP contribution in [-0.4, -0.2) is 20.2 Å². The Balaban J connectivity index is 2.20. The second-order valence-electron chi connectivity index (χ2n) is 5.23. The van der Waals surface area contributed by atoms with Crippen molar-refractivity contribution in [3.8, 4) is 0 Å². The summed E-state index contributed by atoms with van der Waals surface area (Å²) >= 11 is 0. The van der Waals surface area contributed by atoms with E-state index in [0.29, 0.717) is 0 Å². The average Bonchev–Trinajstić information content (AvgIpc) is 2.82. The van der Waals surface area contributed by atoms with Gasteiger partial charge in [0.1, 0.15) is 5.82 Å². The Kier molecular flexibility index (Phi) is 3.23. The molecule has 0 spiro atoms. The quantitative estimate of drug-likeness (QED) is 0.853. The van der Waals surface area contributed by atoms with Crippen LogP contribution in [0.5, 0.6) is 0 Å². The lowest BCUT2D eigenvalue weighted by Crippen LogP contribution is -2.32. The van der Waals surface area contributed by atoms with Crippen molar-refractivity contribution < 1.29 is 8.78 Å². The van der Waals surface area contributed by atoms with E-state index in [-0.39, 0.29) is 35.1 Å². The summed E-state index contributed by atoms with van der Waals surface area (Å²) in [6.07, 6.45) is 0.0574. The highest BCUT2D eigenvalue weighted by molar-refractivity contribution is 6.06. The van der Waals surface area contributed by atoms with Crippen LogP contribution in [0.15, 0.2) is 26.7 Å². The van der Waals surface area contributed by atoms with Gasteiger partial charge < -0.3 is 0 Å². The van der Waals surface area contributed by atoms with E-state index in [1.165, 1.54) is 10.6 Å². The minimum absolute atomic E-state index is 0.0137. The van der Waals surface area contributed by atoms with Gasteiger partial charge in [0, 0.05) is 12.5 Å². The highest BCUT2D eigenvalue weighted by Gasteiger charge is 2.26. The maximum absolute atomic E-state index is 13.8. The van der Waals surface area contributed by atoms with Gasteiger partial charge in [-0.15, -0.1) is 0 Å². The van der Waals surface area contributed by atoms with Crippen molar-refractivity contribution in [1.29, 1.82) is 0 Å². The Labute approximate surface area is 123 Å². The first kappa shape index (κ1) is 14.3. The zero-order valence-electron chi connectivity index (χ0n) is 11.9. The molecule has 0 saturated heterocycles. The van der Waals surface area contributed by atoms with Crippen LogP contribution in [0.3, 0.4) is 0 Å². The van der Waals surface area contributed by atoms with E-state index in [1.54, 1.807) is 13.8 Å². The largest absolute Gasteiger partial charge is 0.330 e. The molecule has 8 heteroatoms. The molecular formula is C14H12F2N4O2. The fraction of sp³-hybridized carbons (Fsp3) is 0.286. The lowest BCUT2D eigenvalue weighted by atomic mass is 10.1. The number of nitrogens with one attached hydrogen (secondary N) is 1. The van der Waals surface area contributed by atoms with Crippen LogP contribution in [0.2, 0.25) is 0 Å². The van der Waals surface area contributed by atoms with E-state index in [2.05, 4.69) is 15.0 Å². The number of aromatic nitrogens is 3. The van der Waals surface area contributed by atoms with E-state index >= 15 is 0 Å². The average molecular weight is 306 g/mol. The van der Waals surface area contributed by atoms with Crippen LogP contribution < -0.4 is 11.2 Å². The Morgan fingerprint density at radius 1 is 1.27 bits per heavy atom. The van der Waals surface area contributed by atoms with Crippen LogP contribution in [0, 0.1) is 11.9 Å². The molecular weight excluding hydrogens is 294 g/mol. The molecule has 0 saturated carbocycles. The van der Waals surface area contributed by atoms with Gasteiger partial charge in [-0.2, -0.15) is 13.8 Å². The Hall–Kier alpha value is -2.64. The van der Waals surface area contributed by atoms with Gasteiger partial charge in [-0.1, -0.05) is 0 Å². The van der Waals surface area contributed by atoms with Crippen molar-refractivity contribution in [3.63, 3.8) is 0 Å². The molecule has 6 nitrogen and oxygen atoms in total. The second-order valence-corrected chi connectivity index (χ2v) is 5.23. The summed E-state index contributed by atoms with van der Waals surface area (Å²) in [6, 6.07) is 2.01. The lowest BCUT2D eigenvalue weighted by Gasteiger charge is -2.12. The molecule has 1 aliphatic rings. The number of nitrogens with zero attached hydrogens (tertiary/aromatic N) is 3. The highest BCUT2D eigenvalue weighted by atomic mass is 19.1.